The number of benzene rings is 1. The maximum Gasteiger partial charge on any atom is 0.190 e. The third-order valence-electron chi connectivity index (χ3n) is 4.60. The molecule has 0 unspecified atom stereocenters. The highest BCUT2D eigenvalue weighted by molar-refractivity contribution is 7.93. The first-order valence-electron chi connectivity index (χ1n) is 8.51. The van der Waals surface area contributed by atoms with E-state index in [0.29, 0.717) is 11.1 Å². The van der Waals surface area contributed by atoms with Crippen molar-refractivity contribution in [2.75, 3.05) is 0 Å². The topological polar surface area (TPSA) is 51.2 Å². The van der Waals surface area contributed by atoms with E-state index in [1.807, 2.05) is 41.5 Å². The van der Waals surface area contributed by atoms with Crippen LogP contribution < -0.4 is 0 Å². The predicted molar refractivity (Wildman–Crippen MR) is 102 cm³/mol. The summed E-state index contributed by atoms with van der Waals surface area (Å²) in [6, 6.07) is 8.43. The minimum absolute atomic E-state index is 0.0549. The third-order valence-corrected chi connectivity index (χ3v) is 6.89. The second-order valence-electron chi connectivity index (χ2n) is 8.95. The molecule has 1 aromatic rings. The minimum Gasteiger partial charge on any atom is -0.289 e. The molecule has 2 rings (SSSR count). The molecule has 0 amide bonds. The maximum absolute atomic E-state index is 13.4. The zero-order chi connectivity index (χ0) is 19.3. The average Bonchev–Trinajstić information content (AvgIpc) is 2.48. The molecular formula is C21H28O3S. The van der Waals surface area contributed by atoms with Gasteiger partial charge in [0.25, 0.3) is 0 Å². The first-order valence-corrected chi connectivity index (χ1v) is 9.99. The van der Waals surface area contributed by atoms with Crippen molar-refractivity contribution in [3.8, 4) is 0 Å². The summed E-state index contributed by atoms with van der Waals surface area (Å²) in [7, 11) is -3.68. The zero-order valence-electron chi connectivity index (χ0n) is 16.2. The van der Waals surface area contributed by atoms with E-state index in [1.54, 1.807) is 49.4 Å². The van der Waals surface area contributed by atoms with Gasteiger partial charge in [0.1, 0.15) is 4.75 Å². The van der Waals surface area contributed by atoms with Gasteiger partial charge in [-0.3, -0.25) is 4.79 Å². The summed E-state index contributed by atoms with van der Waals surface area (Å²) in [6.07, 6.45) is 3.29. The summed E-state index contributed by atoms with van der Waals surface area (Å²) >= 11 is 0. The summed E-state index contributed by atoms with van der Waals surface area (Å²) in [5.41, 5.74) is 0.244. The van der Waals surface area contributed by atoms with Gasteiger partial charge >= 0.3 is 0 Å². The molecule has 0 N–H and O–H groups in total. The molecule has 1 aliphatic carbocycles. The molecule has 0 aromatic heterocycles. The van der Waals surface area contributed by atoms with E-state index in [1.165, 1.54) is 0 Å². The lowest BCUT2D eigenvalue weighted by atomic mass is 9.71. The molecule has 0 heterocycles. The number of ketones is 1. The number of carbonyl (C=O) groups excluding carboxylic acids is 1. The van der Waals surface area contributed by atoms with Gasteiger partial charge in [0, 0.05) is 11.1 Å². The molecule has 0 radical (unpaired) electrons. The number of sulfone groups is 1. The molecule has 0 spiro atoms. The Bertz CT molecular complexity index is 809. The highest BCUT2D eigenvalue weighted by Gasteiger charge is 2.45. The minimum atomic E-state index is -3.68. The van der Waals surface area contributed by atoms with E-state index in [9.17, 15) is 13.2 Å². The van der Waals surface area contributed by atoms with Crippen LogP contribution in [0.2, 0.25) is 0 Å². The Morgan fingerprint density at radius 1 is 0.800 bits per heavy atom. The van der Waals surface area contributed by atoms with E-state index in [0.717, 1.165) is 0 Å². The van der Waals surface area contributed by atoms with Gasteiger partial charge in [-0.25, -0.2) is 8.42 Å². The summed E-state index contributed by atoms with van der Waals surface area (Å²) in [5, 5.41) is 0. The van der Waals surface area contributed by atoms with Crippen molar-refractivity contribution in [3.05, 3.63) is 53.6 Å². The fourth-order valence-corrected chi connectivity index (χ4v) is 4.58. The van der Waals surface area contributed by atoms with Gasteiger partial charge in [-0.1, -0.05) is 71.9 Å². The van der Waals surface area contributed by atoms with Crippen LogP contribution in [0.3, 0.4) is 0 Å². The first kappa shape index (κ1) is 19.6. The summed E-state index contributed by atoms with van der Waals surface area (Å²) < 4.78 is 25.5. The van der Waals surface area contributed by atoms with Crippen molar-refractivity contribution in [1.29, 1.82) is 0 Å². The number of rotatable bonds is 2. The monoisotopic (exact) mass is 360 g/mol. The van der Waals surface area contributed by atoms with Crippen LogP contribution in [0.15, 0.2) is 58.5 Å². The van der Waals surface area contributed by atoms with Crippen molar-refractivity contribution in [3.63, 3.8) is 0 Å². The molecular weight excluding hydrogens is 332 g/mol. The van der Waals surface area contributed by atoms with Gasteiger partial charge in [0.15, 0.2) is 15.6 Å². The van der Waals surface area contributed by atoms with Gasteiger partial charge in [-0.05, 0) is 29.9 Å². The third kappa shape index (κ3) is 3.50. The summed E-state index contributed by atoms with van der Waals surface area (Å²) in [4.78, 5) is 13.3. The Hall–Kier alpha value is -1.68. The summed E-state index contributed by atoms with van der Waals surface area (Å²) in [5.74, 6) is -0.0549. The first-order chi connectivity index (χ1) is 11.2. The largest absolute Gasteiger partial charge is 0.289 e. The molecule has 0 fully saturated rings. The molecule has 25 heavy (non-hydrogen) atoms. The van der Waals surface area contributed by atoms with Crippen LogP contribution in [-0.4, -0.2) is 18.9 Å². The number of hydrogen-bond donors (Lipinski definition) is 0. The van der Waals surface area contributed by atoms with E-state index in [4.69, 9.17) is 0 Å². The molecule has 1 aliphatic rings. The van der Waals surface area contributed by atoms with Crippen molar-refractivity contribution in [1.82, 2.24) is 0 Å². The number of hydrogen-bond acceptors (Lipinski definition) is 3. The van der Waals surface area contributed by atoms with Crippen LogP contribution in [0, 0.1) is 10.8 Å². The maximum atomic E-state index is 13.4. The molecule has 3 nitrogen and oxygen atoms in total. The Kier molecular flexibility index (Phi) is 4.67. The molecule has 0 aliphatic heterocycles. The van der Waals surface area contributed by atoms with Crippen LogP contribution >= 0.6 is 0 Å². The highest BCUT2D eigenvalue weighted by atomic mass is 32.2. The van der Waals surface area contributed by atoms with E-state index in [-0.39, 0.29) is 10.7 Å². The number of carbonyl (C=O) groups is 1. The Labute approximate surface area is 151 Å². The van der Waals surface area contributed by atoms with Crippen LogP contribution in [0.5, 0.6) is 0 Å². The lowest BCUT2D eigenvalue weighted by Crippen LogP contribution is -2.40. The molecule has 0 saturated heterocycles. The quantitative estimate of drug-likeness (QED) is 0.765. The molecule has 4 heteroatoms. The van der Waals surface area contributed by atoms with Crippen molar-refractivity contribution in [2.45, 2.75) is 58.1 Å². The lowest BCUT2D eigenvalue weighted by molar-refractivity contribution is -0.114. The van der Waals surface area contributed by atoms with E-state index >= 15 is 0 Å². The average molecular weight is 361 g/mol. The lowest BCUT2D eigenvalue weighted by Gasteiger charge is -2.37. The SMILES string of the molecule is CC(C)(C)C1=CC(C)(S(=O)(=O)c2ccccc2)C=C(C(C)(C)C)C1=O. The molecule has 0 bridgehead atoms. The molecule has 136 valence electrons. The Morgan fingerprint density at radius 3 is 1.56 bits per heavy atom. The second-order valence-corrected chi connectivity index (χ2v) is 11.3. The zero-order valence-corrected chi connectivity index (χ0v) is 17.0. The Balaban J connectivity index is 2.78. The highest BCUT2D eigenvalue weighted by Crippen LogP contribution is 2.43. The standard InChI is InChI=1S/C21H28O3S/c1-19(2,3)16-13-21(7,14-17(18(16)22)20(4,5)6)25(23,24)15-11-9-8-10-12-15/h8-14H,1-7H3. The van der Waals surface area contributed by atoms with Gasteiger partial charge in [0.05, 0.1) is 4.90 Å². The second kappa shape index (κ2) is 5.94. The molecule has 0 saturated carbocycles. The Morgan fingerprint density at radius 2 is 1.20 bits per heavy atom. The smallest absolute Gasteiger partial charge is 0.190 e. The fraction of sp³-hybridized carbons (Fsp3) is 0.476. The molecule has 0 atom stereocenters. The van der Waals surface area contributed by atoms with E-state index in [2.05, 4.69) is 0 Å². The van der Waals surface area contributed by atoms with Crippen LogP contribution in [0.4, 0.5) is 0 Å². The van der Waals surface area contributed by atoms with Gasteiger partial charge in [-0.2, -0.15) is 0 Å². The molecule has 1 aromatic carbocycles. The number of Topliss-reactive ketones (excluding diaryl/α,β-unsaturated/α-hetero) is 1. The normalized spacial score (nSPS) is 18.6. The van der Waals surface area contributed by atoms with Crippen molar-refractivity contribution >= 4 is 15.6 Å². The van der Waals surface area contributed by atoms with Gasteiger partial charge in [-0.15, -0.1) is 0 Å². The van der Waals surface area contributed by atoms with Crippen LogP contribution in [-0.2, 0) is 14.6 Å². The predicted octanol–water partition coefficient (Wildman–Crippen LogP) is 4.75. The fourth-order valence-electron chi connectivity index (χ4n) is 3.01. The summed E-state index contributed by atoms with van der Waals surface area (Å²) in [6.45, 7) is 13.3. The van der Waals surface area contributed by atoms with Crippen LogP contribution in [0.25, 0.3) is 0 Å². The van der Waals surface area contributed by atoms with Gasteiger partial charge in [0.2, 0.25) is 0 Å². The van der Waals surface area contributed by atoms with E-state index < -0.39 is 25.4 Å². The van der Waals surface area contributed by atoms with Crippen molar-refractivity contribution in [2.24, 2.45) is 10.8 Å². The van der Waals surface area contributed by atoms with Gasteiger partial charge < -0.3 is 0 Å². The van der Waals surface area contributed by atoms with Crippen molar-refractivity contribution < 1.29 is 13.2 Å². The number of allylic oxidation sites excluding steroid dienone is 2. The van der Waals surface area contributed by atoms with Crippen LogP contribution in [0.1, 0.15) is 48.5 Å².